The van der Waals surface area contributed by atoms with Gasteiger partial charge in [-0.2, -0.15) is 0 Å². The van der Waals surface area contributed by atoms with Crippen molar-refractivity contribution in [2.24, 2.45) is 17.8 Å². The summed E-state index contributed by atoms with van der Waals surface area (Å²) in [6.07, 6.45) is 2.19. The fraction of sp³-hybridized carbons (Fsp3) is 0.410. The van der Waals surface area contributed by atoms with Crippen molar-refractivity contribution in [3.8, 4) is 23.0 Å². The first kappa shape index (κ1) is 34.7. The number of benzene rings is 3. The van der Waals surface area contributed by atoms with E-state index >= 15 is 0 Å². The molecule has 2 fully saturated rings. The molecule has 5 atom stereocenters. The van der Waals surface area contributed by atoms with Crippen LogP contribution in [-0.4, -0.2) is 75.4 Å². The molecule has 7 rings (SSSR count). The van der Waals surface area contributed by atoms with Crippen molar-refractivity contribution in [3.63, 3.8) is 0 Å². The lowest BCUT2D eigenvalue weighted by Crippen LogP contribution is -2.52. The fourth-order valence-electron chi connectivity index (χ4n) is 8.29. The van der Waals surface area contributed by atoms with Crippen molar-refractivity contribution < 1.29 is 42.8 Å². The molecule has 0 radical (unpaired) electrons. The van der Waals surface area contributed by atoms with E-state index in [1.807, 2.05) is 12.1 Å². The zero-order chi connectivity index (χ0) is 35.8. The maximum atomic E-state index is 13.7. The molecule has 2 aliphatic heterocycles. The van der Waals surface area contributed by atoms with Crippen LogP contribution in [0.3, 0.4) is 0 Å². The van der Waals surface area contributed by atoms with E-state index in [9.17, 15) is 14.4 Å². The highest BCUT2D eigenvalue weighted by atomic mass is 35.5. The van der Waals surface area contributed by atoms with E-state index in [0.29, 0.717) is 17.9 Å². The Morgan fingerprint density at radius 1 is 0.902 bits per heavy atom. The first-order chi connectivity index (χ1) is 24.7. The largest absolute Gasteiger partial charge is 0.497 e. The van der Waals surface area contributed by atoms with Crippen molar-refractivity contribution in [2.75, 3.05) is 41.5 Å². The molecule has 3 aliphatic rings. The van der Waals surface area contributed by atoms with Crippen molar-refractivity contribution in [2.45, 2.75) is 44.2 Å². The number of nitrogens with zero attached hydrogens (tertiary/aromatic N) is 1. The van der Waals surface area contributed by atoms with Crippen LogP contribution in [0.1, 0.15) is 52.5 Å². The molecule has 1 saturated carbocycles. The second-order valence-electron chi connectivity index (χ2n) is 13.5. The third-order valence-corrected chi connectivity index (χ3v) is 10.9. The van der Waals surface area contributed by atoms with Gasteiger partial charge < -0.3 is 33.4 Å². The number of nitrogens with one attached hydrogen (secondary N) is 1. The van der Waals surface area contributed by atoms with Crippen LogP contribution in [0, 0.1) is 17.8 Å². The lowest BCUT2D eigenvalue weighted by Gasteiger charge is -2.51. The number of H-pyrrole nitrogens is 1. The molecule has 5 unspecified atom stereocenters. The minimum Gasteiger partial charge on any atom is -0.497 e. The lowest BCUT2D eigenvalue weighted by molar-refractivity contribution is -0.155. The summed E-state index contributed by atoms with van der Waals surface area (Å²) in [4.78, 5) is 45.9. The van der Waals surface area contributed by atoms with Gasteiger partial charge >= 0.3 is 17.9 Å². The fourth-order valence-corrected chi connectivity index (χ4v) is 8.42. The number of fused-ring (bicyclic) bond motifs is 6. The van der Waals surface area contributed by atoms with Gasteiger partial charge in [0.15, 0.2) is 11.5 Å². The third kappa shape index (κ3) is 6.84. The predicted molar refractivity (Wildman–Crippen MR) is 189 cm³/mol. The molecule has 4 aromatic rings. The van der Waals surface area contributed by atoms with Crippen LogP contribution in [0.2, 0.25) is 5.02 Å². The van der Waals surface area contributed by atoms with E-state index in [0.717, 1.165) is 42.8 Å². The van der Waals surface area contributed by atoms with Crippen LogP contribution in [0.5, 0.6) is 23.0 Å². The normalized spacial score (nSPS) is 22.6. The molecule has 0 bridgehead atoms. The van der Waals surface area contributed by atoms with E-state index in [1.54, 1.807) is 31.4 Å². The molecule has 51 heavy (non-hydrogen) atoms. The van der Waals surface area contributed by atoms with Gasteiger partial charge in [-0.1, -0.05) is 23.7 Å². The number of hydrogen-bond donors (Lipinski definition) is 1. The second kappa shape index (κ2) is 14.5. The molecule has 0 amide bonds. The first-order valence-corrected chi connectivity index (χ1v) is 17.5. The summed E-state index contributed by atoms with van der Waals surface area (Å²) in [5, 5.41) is 1.78. The molecule has 3 heterocycles. The highest BCUT2D eigenvalue weighted by Crippen LogP contribution is 2.50. The van der Waals surface area contributed by atoms with Crippen molar-refractivity contribution >= 4 is 40.4 Å². The molecule has 12 heteroatoms. The average Bonchev–Trinajstić information content (AvgIpc) is 3.52. The number of halogens is 1. The monoisotopic (exact) mass is 716 g/mol. The molecule has 3 aromatic carbocycles. The van der Waals surface area contributed by atoms with Gasteiger partial charge in [0.1, 0.15) is 11.9 Å². The standard InChI is InChI=1S/C39H41ClN2O9/c1-46-25-9-10-27-28-11-12-42-20-23-14-26(17-30(39(45)49-4)29(23)19-32(42)36(28)41-31(27)18-25)50-38(44)22-15-33(47-2)37(34(16-22)48-3)51-35(43)13-21-5-7-24(40)8-6-21/h5-10,15-16,18,23,26,29-30,32,41H,11-14,17,19-20H2,1-4H3. The molecule has 1 aromatic heterocycles. The number of rotatable bonds is 9. The zero-order valence-corrected chi connectivity index (χ0v) is 29.8. The van der Waals surface area contributed by atoms with Crippen LogP contribution in [0.25, 0.3) is 10.9 Å². The van der Waals surface area contributed by atoms with Gasteiger partial charge in [0.2, 0.25) is 5.75 Å². The van der Waals surface area contributed by atoms with Crippen molar-refractivity contribution in [3.05, 3.63) is 82.0 Å². The summed E-state index contributed by atoms with van der Waals surface area (Å²) < 4.78 is 33.6. The van der Waals surface area contributed by atoms with Gasteiger partial charge in [-0.25, -0.2) is 4.79 Å². The van der Waals surface area contributed by atoms with Gasteiger partial charge in [0.05, 0.1) is 52.4 Å². The number of aromatic nitrogens is 1. The van der Waals surface area contributed by atoms with Gasteiger partial charge in [0.25, 0.3) is 0 Å². The molecule has 1 aliphatic carbocycles. The second-order valence-corrected chi connectivity index (χ2v) is 13.9. The summed E-state index contributed by atoms with van der Waals surface area (Å²) >= 11 is 5.96. The number of methoxy groups -OCH3 is 4. The Labute approximate surface area is 301 Å². The quantitative estimate of drug-likeness (QED) is 0.155. The van der Waals surface area contributed by atoms with Gasteiger partial charge in [-0.15, -0.1) is 0 Å². The molecule has 1 saturated heterocycles. The minimum atomic E-state index is -0.595. The van der Waals surface area contributed by atoms with Gasteiger partial charge in [-0.05, 0) is 85.0 Å². The number of aromatic amines is 1. The van der Waals surface area contributed by atoms with Crippen molar-refractivity contribution in [1.82, 2.24) is 9.88 Å². The molecule has 0 spiro atoms. The van der Waals surface area contributed by atoms with Gasteiger partial charge in [-0.3, -0.25) is 14.5 Å². The molecule has 11 nitrogen and oxygen atoms in total. The predicted octanol–water partition coefficient (Wildman–Crippen LogP) is 6.34. The number of hydrogen-bond acceptors (Lipinski definition) is 10. The Kier molecular flexibility index (Phi) is 9.85. The highest BCUT2D eigenvalue weighted by Gasteiger charge is 2.49. The van der Waals surface area contributed by atoms with Crippen LogP contribution in [0.4, 0.5) is 0 Å². The SMILES string of the molecule is COC(=O)C1CC(OC(=O)c2cc(OC)c(OC(=O)Cc3ccc(Cl)cc3)c(OC)c2)CC2CN3CCc4c([nH]c5cc(OC)ccc45)C3CC21. The Morgan fingerprint density at radius 3 is 2.33 bits per heavy atom. The number of carbonyl (C=O) groups is 3. The van der Waals surface area contributed by atoms with Crippen LogP contribution >= 0.6 is 11.6 Å². The number of ether oxygens (including phenoxy) is 6. The van der Waals surface area contributed by atoms with E-state index < -0.39 is 24.0 Å². The Balaban J connectivity index is 1.07. The van der Waals surface area contributed by atoms with Gasteiger partial charge in [0, 0.05) is 40.8 Å². The maximum absolute atomic E-state index is 13.7. The van der Waals surface area contributed by atoms with Crippen molar-refractivity contribution in [1.29, 1.82) is 0 Å². The molecule has 1 N–H and O–H groups in total. The minimum absolute atomic E-state index is 0.00516. The zero-order valence-electron chi connectivity index (χ0n) is 29.0. The Morgan fingerprint density at radius 2 is 1.65 bits per heavy atom. The molecular weight excluding hydrogens is 676 g/mol. The van der Waals surface area contributed by atoms with E-state index in [2.05, 4.69) is 16.0 Å². The van der Waals surface area contributed by atoms with Crippen LogP contribution in [0.15, 0.2) is 54.6 Å². The average molecular weight is 717 g/mol. The third-order valence-electron chi connectivity index (χ3n) is 10.7. The molecular formula is C39H41ClN2O9. The summed E-state index contributed by atoms with van der Waals surface area (Å²) in [5.41, 5.74) is 4.49. The highest BCUT2D eigenvalue weighted by molar-refractivity contribution is 6.30. The number of carbonyl (C=O) groups excluding carboxylic acids is 3. The van der Waals surface area contributed by atoms with E-state index in [-0.39, 0.29) is 53.1 Å². The topological polar surface area (TPSA) is 126 Å². The number of esters is 3. The summed E-state index contributed by atoms with van der Waals surface area (Å²) in [6.45, 7) is 1.69. The maximum Gasteiger partial charge on any atom is 0.338 e. The first-order valence-electron chi connectivity index (χ1n) is 17.1. The van der Waals surface area contributed by atoms with Crippen LogP contribution in [-0.2, 0) is 31.9 Å². The van der Waals surface area contributed by atoms with Crippen LogP contribution < -0.4 is 18.9 Å². The van der Waals surface area contributed by atoms with E-state index in [4.69, 9.17) is 40.0 Å². The Hall–Kier alpha value is -4.74. The Bertz CT molecular complexity index is 1930. The summed E-state index contributed by atoms with van der Waals surface area (Å²) in [7, 11) is 5.90. The smallest absolute Gasteiger partial charge is 0.338 e. The number of piperidine rings is 1. The summed E-state index contributed by atoms with van der Waals surface area (Å²) in [6, 6.07) is 16.1. The summed E-state index contributed by atoms with van der Waals surface area (Å²) in [5.74, 6) is -0.502. The lowest BCUT2D eigenvalue weighted by atomic mass is 9.65. The molecule has 268 valence electrons. The van der Waals surface area contributed by atoms with E-state index in [1.165, 1.54) is 50.1 Å².